The zero-order chi connectivity index (χ0) is 25.7. The van der Waals surface area contributed by atoms with Crippen molar-refractivity contribution in [2.45, 2.75) is 64.9 Å². The van der Waals surface area contributed by atoms with E-state index in [-0.39, 0.29) is 17.8 Å². The molecule has 0 radical (unpaired) electrons. The quantitative estimate of drug-likeness (QED) is 0.548. The summed E-state index contributed by atoms with van der Waals surface area (Å²) in [4.78, 5) is 43.8. The number of carbonyl (C=O) groups excluding carboxylic acids is 3. The number of ether oxygens (including phenoxy) is 1. The number of ketones is 1. The lowest BCUT2D eigenvalue weighted by atomic mass is 9.91. The van der Waals surface area contributed by atoms with Crippen LogP contribution in [0.25, 0.3) is 0 Å². The van der Waals surface area contributed by atoms with E-state index in [0.29, 0.717) is 48.8 Å². The Kier molecular flexibility index (Phi) is 7.87. The molecule has 0 aliphatic carbocycles. The lowest BCUT2D eigenvalue weighted by Crippen LogP contribution is -2.41. The predicted octanol–water partition coefficient (Wildman–Crippen LogP) is 5.44. The van der Waals surface area contributed by atoms with E-state index in [0.717, 1.165) is 36.9 Å². The van der Waals surface area contributed by atoms with E-state index in [4.69, 9.17) is 4.74 Å². The highest BCUT2D eigenvalue weighted by Crippen LogP contribution is 2.28. The summed E-state index contributed by atoms with van der Waals surface area (Å²) in [6, 6.07) is 14.7. The summed E-state index contributed by atoms with van der Waals surface area (Å²) in [6.07, 6.45) is 4.36. The van der Waals surface area contributed by atoms with E-state index in [1.165, 1.54) is 0 Å². The number of likely N-dealkylation sites (tertiary alicyclic amines) is 1. The topological polar surface area (TPSA) is 88.1 Å². The van der Waals surface area contributed by atoms with Gasteiger partial charge < -0.3 is 15.0 Å². The molecule has 2 aliphatic heterocycles. The van der Waals surface area contributed by atoms with Gasteiger partial charge in [-0.1, -0.05) is 30.3 Å². The van der Waals surface area contributed by atoms with Crippen molar-refractivity contribution < 1.29 is 19.1 Å². The molecule has 7 nitrogen and oxygen atoms in total. The highest BCUT2D eigenvalue weighted by atomic mass is 16.6. The minimum atomic E-state index is -0.478. The SMILES string of the molecule is CC(C)(C)OC(=O)N1CCC(CCCC(=O)NC2=Nc3ccc(C(=O)c4ccccc4)cc3C2)CC1. The normalized spacial score (nSPS) is 15.8. The summed E-state index contributed by atoms with van der Waals surface area (Å²) >= 11 is 0. The van der Waals surface area contributed by atoms with Crippen LogP contribution < -0.4 is 5.32 Å². The maximum absolute atomic E-state index is 12.7. The second-order valence-electron chi connectivity index (χ2n) is 10.6. The fraction of sp³-hybridized carbons (Fsp3) is 0.448. The van der Waals surface area contributed by atoms with Gasteiger partial charge in [0.15, 0.2) is 5.78 Å². The minimum absolute atomic E-state index is 0.0205. The third-order valence-electron chi connectivity index (χ3n) is 6.56. The largest absolute Gasteiger partial charge is 0.444 e. The van der Waals surface area contributed by atoms with Crippen molar-refractivity contribution in [3.63, 3.8) is 0 Å². The van der Waals surface area contributed by atoms with Crippen LogP contribution >= 0.6 is 0 Å². The number of benzene rings is 2. The third-order valence-corrected chi connectivity index (χ3v) is 6.56. The molecule has 0 unspecified atom stereocenters. The zero-order valence-corrected chi connectivity index (χ0v) is 21.4. The molecule has 0 bridgehead atoms. The Labute approximate surface area is 212 Å². The maximum atomic E-state index is 12.7. The Morgan fingerprint density at radius 1 is 1.03 bits per heavy atom. The first-order valence-corrected chi connectivity index (χ1v) is 12.8. The van der Waals surface area contributed by atoms with Gasteiger partial charge in [-0.2, -0.15) is 0 Å². The summed E-state index contributed by atoms with van der Waals surface area (Å²) < 4.78 is 5.46. The van der Waals surface area contributed by atoms with Crippen molar-refractivity contribution in [2.75, 3.05) is 13.1 Å². The van der Waals surface area contributed by atoms with Crippen molar-refractivity contribution in [1.82, 2.24) is 10.2 Å². The van der Waals surface area contributed by atoms with Gasteiger partial charge in [-0.15, -0.1) is 0 Å². The molecule has 2 heterocycles. The molecule has 190 valence electrons. The van der Waals surface area contributed by atoms with Crippen LogP contribution in [-0.2, 0) is 16.0 Å². The molecule has 0 spiro atoms. The van der Waals surface area contributed by atoms with Crippen molar-refractivity contribution in [3.05, 3.63) is 65.2 Å². The Bertz CT molecular complexity index is 1140. The summed E-state index contributed by atoms with van der Waals surface area (Å²) in [5.74, 6) is 1.09. The summed E-state index contributed by atoms with van der Waals surface area (Å²) in [5, 5.41) is 2.94. The molecular formula is C29H35N3O4. The minimum Gasteiger partial charge on any atom is -0.444 e. The number of piperidine rings is 1. The second kappa shape index (κ2) is 11.1. The number of rotatable bonds is 6. The average Bonchev–Trinajstić information content (AvgIpc) is 3.24. The van der Waals surface area contributed by atoms with Crippen LogP contribution in [0.3, 0.4) is 0 Å². The Morgan fingerprint density at radius 2 is 1.75 bits per heavy atom. The lowest BCUT2D eigenvalue weighted by molar-refractivity contribution is -0.119. The molecule has 7 heteroatoms. The highest BCUT2D eigenvalue weighted by molar-refractivity contribution is 6.10. The third kappa shape index (κ3) is 6.80. The monoisotopic (exact) mass is 489 g/mol. The number of nitrogens with one attached hydrogen (secondary N) is 1. The van der Waals surface area contributed by atoms with E-state index in [1.54, 1.807) is 11.0 Å². The van der Waals surface area contributed by atoms with Crippen LogP contribution in [0.5, 0.6) is 0 Å². The molecule has 2 aliphatic rings. The fourth-order valence-electron chi connectivity index (χ4n) is 4.68. The first-order chi connectivity index (χ1) is 17.2. The summed E-state index contributed by atoms with van der Waals surface area (Å²) in [5.41, 5.74) is 2.55. The molecule has 2 amide bonds. The fourth-order valence-corrected chi connectivity index (χ4v) is 4.68. The summed E-state index contributed by atoms with van der Waals surface area (Å²) in [6.45, 7) is 7.04. The van der Waals surface area contributed by atoms with Crippen molar-refractivity contribution in [2.24, 2.45) is 10.9 Å². The number of carbonyl (C=O) groups is 3. The lowest BCUT2D eigenvalue weighted by Gasteiger charge is -2.33. The van der Waals surface area contributed by atoms with E-state index >= 15 is 0 Å². The van der Waals surface area contributed by atoms with E-state index in [2.05, 4.69) is 10.3 Å². The zero-order valence-electron chi connectivity index (χ0n) is 21.4. The van der Waals surface area contributed by atoms with Crippen LogP contribution in [0.15, 0.2) is 53.5 Å². The molecule has 0 aromatic heterocycles. The van der Waals surface area contributed by atoms with Gasteiger partial charge in [0.2, 0.25) is 5.91 Å². The number of fused-ring (bicyclic) bond motifs is 1. The van der Waals surface area contributed by atoms with Crippen molar-refractivity contribution >= 4 is 29.3 Å². The number of aliphatic imine (C=N–C) groups is 1. The highest BCUT2D eigenvalue weighted by Gasteiger charge is 2.27. The van der Waals surface area contributed by atoms with Crippen LogP contribution in [0, 0.1) is 5.92 Å². The Hall–Kier alpha value is -3.48. The van der Waals surface area contributed by atoms with Gasteiger partial charge in [0.25, 0.3) is 0 Å². The number of hydrogen-bond acceptors (Lipinski definition) is 5. The Morgan fingerprint density at radius 3 is 2.44 bits per heavy atom. The van der Waals surface area contributed by atoms with Gasteiger partial charge in [0.05, 0.1) is 5.69 Å². The van der Waals surface area contributed by atoms with Crippen molar-refractivity contribution in [1.29, 1.82) is 0 Å². The van der Waals surface area contributed by atoms with Crippen LogP contribution in [0.4, 0.5) is 10.5 Å². The summed E-state index contributed by atoms with van der Waals surface area (Å²) in [7, 11) is 0. The van der Waals surface area contributed by atoms with Gasteiger partial charge in [-0.05, 0) is 76.1 Å². The smallest absolute Gasteiger partial charge is 0.410 e. The van der Waals surface area contributed by atoms with E-state index in [1.807, 2.05) is 63.2 Å². The molecule has 2 aromatic rings. The molecule has 36 heavy (non-hydrogen) atoms. The number of nitrogens with zero attached hydrogens (tertiary/aromatic N) is 2. The van der Waals surface area contributed by atoms with Crippen molar-refractivity contribution in [3.8, 4) is 0 Å². The molecule has 0 saturated carbocycles. The number of amidine groups is 1. The molecular weight excluding hydrogens is 454 g/mol. The molecule has 4 rings (SSSR count). The van der Waals surface area contributed by atoms with Crippen LogP contribution in [-0.4, -0.2) is 47.2 Å². The molecule has 1 fully saturated rings. The molecule has 1 saturated heterocycles. The first-order valence-electron chi connectivity index (χ1n) is 12.8. The van der Waals surface area contributed by atoms with Gasteiger partial charge in [-0.3, -0.25) is 9.59 Å². The van der Waals surface area contributed by atoms with Gasteiger partial charge in [0.1, 0.15) is 11.4 Å². The van der Waals surface area contributed by atoms with Crippen LogP contribution in [0.1, 0.15) is 74.4 Å². The first kappa shape index (κ1) is 25.6. The maximum Gasteiger partial charge on any atom is 0.410 e. The number of hydrogen-bond donors (Lipinski definition) is 1. The number of amides is 2. The average molecular weight is 490 g/mol. The molecule has 0 atom stereocenters. The molecule has 1 N–H and O–H groups in total. The second-order valence-corrected chi connectivity index (χ2v) is 10.6. The van der Waals surface area contributed by atoms with Crippen LogP contribution in [0.2, 0.25) is 0 Å². The van der Waals surface area contributed by atoms with E-state index in [9.17, 15) is 14.4 Å². The Balaban J connectivity index is 1.18. The van der Waals surface area contributed by atoms with E-state index < -0.39 is 5.60 Å². The standard InChI is InChI=1S/C29H35N3O4/c1-29(2,3)36-28(35)32-16-14-20(15-17-32)8-7-11-26(33)31-25-19-23-18-22(12-13-24(23)30-25)27(34)21-9-5-4-6-10-21/h4-6,9-10,12-13,18,20H,7-8,11,14-17,19H2,1-3H3,(H,30,31,33). The van der Waals surface area contributed by atoms with Gasteiger partial charge in [-0.25, -0.2) is 9.79 Å². The van der Waals surface area contributed by atoms with Gasteiger partial charge in [0, 0.05) is 37.1 Å². The molecule has 2 aromatic carbocycles. The predicted molar refractivity (Wildman–Crippen MR) is 140 cm³/mol. The van der Waals surface area contributed by atoms with Gasteiger partial charge >= 0.3 is 6.09 Å².